The summed E-state index contributed by atoms with van der Waals surface area (Å²) in [4.78, 5) is 30.1. The van der Waals surface area contributed by atoms with E-state index in [0.717, 1.165) is 6.54 Å². The Morgan fingerprint density at radius 2 is 1.65 bits per heavy atom. The molecule has 8 nitrogen and oxygen atoms in total. The lowest BCUT2D eigenvalue weighted by Crippen LogP contribution is -2.32. The topological polar surface area (TPSA) is 88.5 Å². The number of carbonyl (C=O) groups excluding carboxylic acids is 2. The molecule has 2 aromatic carbocycles. The van der Waals surface area contributed by atoms with Gasteiger partial charge in [-0.15, -0.1) is 0 Å². The van der Waals surface area contributed by atoms with Crippen LogP contribution in [0.4, 0.5) is 0 Å². The molecule has 200 valence electrons. The number of aliphatic hydroxyl groups is 1. The first kappa shape index (κ1) is 28.1. The summed E-state index contributed by atoms with van der Waals surface area (Å²) in [6, 6.07) is 11.5. The van der Waals surface area contributed by atoms with Crippen molar-refractivity contribution in [3.63, 3.8) is 0 Å². The third-order valence-corrected chi connectivity index (χ3v) is 5.93. The van der Waals surface area contributed by atoms with Gasteiger partial charge in [0.05, 0.1) is 30.9 Å². The van der Waals surface area contributed by atoms with Crippen molar-refractivity contribution in [3.05, 3.63) is 59.2 Å². The van der Waals surface area contributed by atoms with E-state index in [4.69, 9.17) is 14.2 Å². The van der Waals surface area contributed by atoms with Crippen LogP contribution in [0.25, 0.3) is 5.76 Å². The van der Waals surface area contributed by atoms with E-state index in [1.165, 1.54) is 0 Å². The van der Waals surface area contributed by atoms with Crippen LogP contribution in [0.5, 0.6) is 17.2 Å². The minimum absolute atomic E-state index is 0.00568. The summed E-state index contributed by atoms with van der Waals surface area (Å²) in [6.45, 7) is 9.64. The molecule has 0 spiro atoms. The van der Waals surface area contributed by atoms with Gasteiger partial charge in [0.25, 0.3) is 11.7 Å². The molecular formula is C29H38N2O6. The quantitative estimate of drug-likeness (QED) is 0.253. The van der Waals surface area contributed by atoms with Gasteiger partial charge in [0, 0.05) is 12.1 Å². The molecule has 37 heavy (non-hydrogen) atoms. The van der Waals surface area contributed by atoms with Gasteiger partial charge in [-0.3, -0.25) is 9.59 Å². The number of aliphatic hydroxyl groups excluding tert-OH is 1. The summed E-state index contributed by atoms with van der Waals surface area (Å²) in [5.74, 6) is 0.203. The number of Topliss-reactive ketones (excluding diaryl/α,β-unsaturated/α-hetero) is 1. The lowest BCUT2D eigenvalue weighted by molar-refractivity contribution is -0.139. The molecule has 8 heteroatoms. The molecule has 1 heterocycles. The highest BCUT2D eigenvalue weighted by molar-refractivity contribution is 6.46. The van der Waals surface area contributed by atoms with Crippen LogP contribution in [0, 0.1) is 0 Å². The van der Waals surface area contributed by atoms with E-state index in [-0.39, 0.29) is 17.4 Å². The second-order valence-electron chi connectivity index (χ2n) is 9.41. The fraction of sp³-hybridized carbons (Fsp3) is 0.448. The first-order valence-corrected chi connectivity index (χ1v) is 12.8. The Kier molecular flexibility index (Phi) is 9.58. The van der Waals surface area contributed by atoms with Crippen molar-refractivity contribution in [2.75, 3.05) is 40.4 Å². The Morgan fingerprint density at radius 1 is 1.00 bits per heavy atom. The van der Waals surface area contributed by atoms with E-state index >= 15 is 0 Å². The number of carbonyl (C=O) groups is 2. The Balaban J connectivity index is 2.10. The zero-order valence-electron chi connectivity index (χ0n) is 22.6. The van der Waals surface area contributed by atoms with Gasteiger partial charge < -0.3 is 29.1 Å². The summed E-state index contributed by atoms with van der Waals surface area (Å²) < 4.78 is 17.2. The fourth-order valence-corrected chi connectivity index (χ4v) is 4.37. The van der Waals surface area contributed by atoms with Crippen LogP contribution in [-0.2, 0) is 9.59 Å². The van der Waals surface area contributed by atoms with Crippen LogP contribution in [0.1, 0.15) is 51.3 Å². The third-order valence-electron chi connectivity index (χ3n) is 5.93. The first-order valence-electron chi connectivity index (χ1n) is 12.8. The average molecular weight is 511 g/mol. The van der Waals surface area contributed by atoms with Crippen molar-refractivity contribution < 1.29 is 28.9 Å². The maximum absolute atomic E-state index is 13.3. The van der Waals surface area contributed by atoms with Gasteiger partial charge in [-0.05, 0) is 96.7 Å². The Morgan fingerprint density at radius 3 is 2.24 bits per heavy atom. The van der Waals surface area contributed by atoms with Gasteiger partial charge in [-0.1, -0.05) is 6.07 Å². The molecule has 0 aromatic heterocycles. The number of nitrogens with zero attached hydrogens (tertiary/aromatic N) is 2. The molecule has 0 saturated carbocycles. The number of hydrogen-bond donors (Lipinski definition) is 1. The minimum atomic E-state index is -0.761. The number of likely N-dealkylation sites (tertiary alicyclic amines) is 1. The summed E-state index contributed by atoms with van der Waals surface area (Å²) in [5.41, 5.74) is 1.15. The van der Waals surface area contributed by atoms with Gasteiger partial charge in [0.1, 0.15) is 11.5 Å². The number of ketones is 1. The molecule has 0 radical (unpaired) electrons. The lowest BCUT2D eigenvalue weighted by Gasteiger charge is -2.26. The zero-order chi connectivity index (χ0) is 27.1. The van der Waals surface area contributed by atoms with Gasteiger partial charge in [0.2, 0.25) is 0 Å². The van der Waals surface area contributed by atoms with E-state index in [9.17, 15) is 14.7 Å². The molecule has 1 amide bonds. The molecule has 1 aliphatic rings. The number of rotatable bonds is 12. The summed E-state index contributed by atoms with van der Waals surface area (Å²) in [7, 11) is 3.91. The summed E-state index contributed by atoms with van der Waals surface area (Å²) >= 11 is 0. The number of ether oxygens (including phenoxy) is 3. The Hall–Kier alpha value is -3.52. The highest BCUT2D eigenvalue weighted by Crippen LogP contribution is 2.42. The van der Waals surface area contributed by atoms with Crippen LogP contribution >= 0.6 is 0 Å². The van der Waals surface area contributed by atoms with Gasteiger partial charge in [0.15, 0.2) is 11.5 Å². The van der Waals surface area contributed by atoms with Crippen molar-refractivity contribution in [2.45, 2.75) is 46.3 Å². The fourth-order valence-electron chi connectivity index (χ4n) is 4.37. The summed E-state index contributed by atoms with van der Waals surface area (Å²) in [5, 5.41) is 11.3. The second kappa shape index (κ2) is 12.6. The SMILES string of the molecule is CCOc1ccc(C2/C(=C(/O)c3ccc(OC(C)C)cc3)C(=O)C(=O)N2CCCN(C)C)cc1OCC. The monoisotopic (exact) mass is 510 g/mol. The molecule has 1 saturated heterocycles. The molecule has 1 unspecified atom stereocenters. The Bertz CT molecular complexity index is 1120. The average Bonchev–Trinajstić information content (AvgIpc) is 3.10. The van der Waals surface area contributed by atoms with E-state index in [1.807, 2.05) is 52.8 Å². The van der Waals surface area contributed by atoms with Crippen LogP contribution < -0.4 is 14.2 Å². The van der Waals surface area contributed by atoms with Crippen molar-refractivity contribution in [1.29, 1.82) is 0 Å². The zero-order valence-corrected chi connectivity index (χ0v) is 22.6. The van der Waals surface area contributed by atoms with Gasteiger partial charge in [-0.25, -0.2) is 0 Å². The normalized spacial score (nSPS) is 17.1. The number of benzene rings is 2. The van der Waals surface area contributed by atoms with Crippen LogP contribution in [-0.4, -0.2) is 73.1 Å². The predicted molar refractivity (Wildman–Crippen MR) is 143 cm³/mol. The maximum Gasteiger partial charge on any atom is 0.295 e. The van der Waals surface area contributed by atoms with Crippen LogP contribution in [0.15, 0.2) is 48.0 Å². The molecule has 1 fully saturated rings. The van der Waals surface area contributed by atoms with E-state index in [1.54, 1.807) is 41.3 Å². The largest absolute Gasteiger partial charge is 0.507 e. The minimum Gasteiger partial charge on any atom is -0.507 e. The van der Waals surface area contributed by atoms with Crippen molar-refractivity contribution in [3.8, 4) is 17.2 Å². The molecule has 1 N–H and O–H groups in total. The molecular weight excluding hydrogens is 472 g/mol. The number of amides is 1. The predicted octanol–water partition coefficient (Wildman–Crippen LogP) is 4.64. The maximum atomic E-state index is 13.3. The second-order valence-corrected chi connectivity index (χ2v) is 9.41. The smallest absolute Gasteiger partial charge is 0.295 e. The lowest BCUT2D eigenvalue weighted by atomic mass is 9.95. The van der Waals surface area contributed by atoms with Gasteiger partial charge >= 0.3 is 0 Å². The van der Waals surface area contributed by atoms with Crippen molar-refractivity contribution in [2.24, 2.45) is 0 Å². The molecule has 1 aliphatic heterocycles. The van der Waals surface area contributed by atoms with E-state index in [0.29, 0.717) is 54.6 Å². The molecule has 2 aromatic rings. The highest BCUT2D eigenvalue weighted by atomic mass is 16.5. The molecule has 0 bridgehead atoms. The summed E-state index contributed by atoms with van der Waals surface area (Å²) in [6.07, 6.45) is 0.679. The molecule has 1 atom stereocenters. The molecule has 0 aliphatic carbocycles. The van der Waals surface area contributed by atoms with E-state index in [2.05, 4.69) is 0 Å². The standard InChI is InChI=1S/C29H38N2O6/c1-7-35-23-15-12-21(18-24(23)36-8-2)26-25(28(33)29(34)31(26)17-9-16-30(5)6)27(32)20-10-13-22(14-11-20)37-19(3)4/h10-15,18-19,26,32H,7-9,16-17H2,1-6H3/b27-25-. The number of hydrogen-bond acceptors (Lipinski definition) is 7. The van der Waals surface area contributed by atoms with Gasteiger partial charge in [-0.2, -0.15) is 0 Å². The van der Waals surface area contributed by atoms with Crippen LogP contribution in [0.2, 0.25) is 0 Å². The van der Waals surface area contributed by atoms with Crippen molar-refractivity contribution >= 4 is 17.4 Å². The highest BCUT2D eigenvalue weighted by Gasteiger charge is 2.46. The Labute approximate surface area is 219 Å². The van der Waals surface area contributed by atoms with E-state index < -0.39 is 17.7 Å². The molecule has 3 rings (SSSR count). The van der Waals surface area contributed by atoms with Crippen molar-refractivity contribution in [1.82, 2.24) is 9.80 Å². The van der Waals surface area contributed by atoms with Crippen LogP contribution in [0.3, 0.4) is 0 Å². The third kappa shape index (κ3) is 6.63. The first-order chi connectivity index (χ1) is 17.7.